The smallest absolute Gasteiger partial charge is 0.310 e. The average Bonchev–Trinajstić information content (AvgIpc) is 3.23. The summed E-state index contributed by atoms with van der Waals surface area (Å²) in [6, 6.07) is 16.0. The van der Waals surface area contributed by atoms with Gasteiger partial charge in [0, 0.05) is 10.6 Å². The summed E-state index contributed by atoms with van der Waals surface area (Å²) in [5, 5.41) is 1.17. The van der Waals surface area contributed by atoms with Crippen LogP contribution in [0.25, 0.3) is 15.9 Å². The predicted octanol–water partition coefficient (Wildman–Crippen LogP) is 4.84. The predicted molar refractivity (Wildman–Crippen MR) is 140 cm³/mol. The molecule has 0 unspecified atom stereocenters. The van der Waals surface area contributed by atoms with Gasteiger partial charge in [0.2, 0.25) is 0 Å². The van der Waals surface area contributed by atoms with E-state index in [1.807, 2.05) is 30.3 Å². The number of thioether (sulfide) groups is 1. The maximum atomic E-state index is 13.7. The molecule has 0 radical (unpaired) electrons. The average molecular weight is 529 g/mol. The van der Waals surface area contributed by atoms with Crippen LogP contribution in [-0.4, -0.2) is 36.6 Å². The Balaban J connectivity index is 1.45. The van der Waals surface area contributed by atoms with Crippen molar-refractivity contribution in [2.24, 2.45) is 0 Å². The first-order chi connectivity index (χ1) is 17.0. The van der Waals surface area contributed by atoms with Gasteiger partial charge in [-0.15, -0.1) is 11.3 Å². The number of methoxy groups -OCH3 is 1. The lowest BCUT2D eigenvalue weighted by atomic mass is 9.97. The first-order valence-corrected chi connectivity index (χ1v) is 14.7. The van der Waals surface area contributed by atoms with Gasteiger partial charge in [-0.25, -0.2) is 4.98 Å². The summed E-state index contributed by atoms with van der Waals surface area (Å²) in [7, 11) is -2.43. The van der Waals surface area contributed by atoms with Gasteiger partial charge in [-0.2, -0.15) is 8.42 Å². The van der Waals surface area contributed by atoms with E-state index in [-0.39, 0.29) is 22.8 Å². The monoisotopic (exact) mass is 528 g/mol. The molecule has 1 aliphatic carbocycles. The number of hydrogen-bond donors (Lipinski definition) is 0. The molecule has 0 amide bonds. The highest BCUT2D eigenvalue weighted by molar-refractivity contribution is 8.00. The Hall–Kier alpha value is -2.82. The van der Waals surface area contributed by atoms with E-state index < -0.39 is 10.1 Å². The van der Waals surface area contributed by atoms with E-state index in [0.29, 0.717) is 22.0 Å². The molecule has 0 aliphatic heterocycles. The Labute approximate surface area is 211 Å². The molecule has 2 aromatic heterocycles. The second-order valence-electron chi connectivity index (χ2n) is 8.11. The number of para-hydroxylation sites is 3. The van der Waals surface area contributed by atoms with Crippen molar-refractivity contribution in [3.8, 4) is 17.2 Å². The Bertz CT molecular complexity index is 1530. The van der Waals surface area contributed by atoms with Gasteiger partial charge in [0.1, 0.15) is 4.83 Å². The van der Waals surface area contributed by atoms with Crippen LogP contribution >= 0.6 is 23.1 Å². The summed E-state index contributed by atoms with van der Waals surface area (Å²) in [5.74, 6) is 0.410. The number of thiophene rings is 1. The van der Waals surface area contributed by atoms with Gasteiger partial charge in [0.25, 0.3) is 5.56 Å². The summed E-state index contributed by atoms with van der Waals surface area (Å²) in [6.45, 7) is 0. The Kier molecular flexibility index (Phi) is 6.86. The van der Waals surface area contributed by atoms with Crippen LogP contribution in [0.1, 0.15) is 23.3 Å². The molecule has 2 aromatic carbocycles. The van der Waals surface area contributed by atoms with Gasteiger partial charge in [0.05, 0.1) is 23.9 Å². The summed E-state index contributed by atoms with van der Waals surface area (Å²) in [4.78, 5) is 20.5. The molecule has 4 aromatic rings. The normalized spacial score (nSPS) is 13.5. The summed E-state index contributed by atoms with van der Waals surface area (Å²) in [6.07, 6.45) is 4.07. The third-order valence-corrected chi connectivity index (χ3v) is 9.34. The Morgan fingerprint density at radius 2 is 1.74 bits per heavy atom. The van der Waals surface area contributed by atoms with Gasteiger partial charge >= 0.3 is 10.1 Å². The zero-order chi connectivity index (χ0) is 24.4. The number of ether oxygens (including phenoxy) is 1. The summed E-state index contributed by atoms with van der Waals surface area (Å²) >= 11 is 2.81. The fraction of sp³-hybridized carbons (Fsp3) is 0.280. The van der Waals surface area contributed by atoms with Gasteiger partial charge in [0.15, 0.2) is 16.7 Å². The lowest BCUT2D eigenvalue weighted by molar-refractivity contribution is 0.391. The zero-order valence-electron chi connectivity index (χ0n) is 19.1. The van der Waals surface area contributed by atoms with Crippen molar-refractivity contribution in [3.05, 3.63) is 75.4 Å². The molecule has 182 valence electrons. The standard InChI is InChI=1S/C25H24N2O5S3/c1-31-19-12-6-7-13-20(19)32-35(29,30)16-15-33-25-26-23-22(18-11-5-8-14-21(18)34-23)24(28)27(25)17-9-3-2-4-10-17/h2-4,6-7,9-10,12-13H,5,8,11,14-16H2,1H3. The molecular weight excluding hydrogens is 504 g/mol. The zero-order valence-corrected chi connectivity index (χ0v) is 21.5. The fourth-order valence-electron chi connectivity index (χ4n) is 4.19. The second-order valence-corrected chi connectivity index (χ2v) is 11.9. The highest BCUT2D eigenvalue weighted by Gasteiger charge is 2.23. The van der Waals surface area contributed by atoms with Gasteiger partial charge in [-0.1, -0.05) is 42.1 Å². The molecule has 10 heteroatoms. The number of fused-ring (bicyclic) bond motifs is 3. The Morgan fingerprint density at radius 3 is 2.51 bits per heavy atom. The molecule has 0 spiro atoms. The van der Waals surface area contributed by atoms with Crippen LogP contribution in [0, 0.1) is 0 Å². The Morgan fingerprint density at radius 1 is 1.03 bits per heavy atom. The van der Waals surface area contributed by atoms with E-state index in [9.17, 15) is 13.2 Å². The van der Waals surface area contributed by atoms with E-state index in [4.69, 9.17) is 13.9 Å². The minimum atomic E-state index is -3.88. The van der Waals surface area contributed by atoms with Crippen molar-refractivity contribution < 1.29 is 17.3 Å². The topological polar surface area (TPSA) is 87.5 Å². The molecule has 0 saturated heterocycles. The molecule has 0 N–H and O–H groups in total. The number of rotatable bonds is 8. The van der Waals surface area contributed by atoms with Gasteiger partial charge < -0.3 is 8.92 Å². The minimum absolute atomic E-state index is 0.101. The fourth-order valence-corrected chi connectivity index (χ4v) is 7.80. The molecule has 0 atom stereocenters. The number of benzene rings is 2. The third-order valence-electron chi connectivity index (χ3n) is 5.82. The van der Waals surface area contributed by atoms with Crippen LogP contribution in [0.2, 0.25) is 0 Å². The molecule has 5 rings (SSSR count). The molecule has 0 bridgehead atoms. The number of hydrogen-bond acceptors (Lipinski definition) is 8. The van der Waals surface area contributed by atoms with Crippen molar-refractivity contribution in [1.29, 1.82) is 0 Å². The molecule has 0 saturated carbocycles. The van der Waals surface area contributed by atoms with E-state index in [2.05, 4.69) is 0 Å². The minimum Gasteiger partial charge on any atom is -0.493 e. The first kappa shape index (κ1) is 23.9. The van der Waals surface area contributed by atoms with Crippen molar-refractivity contribution in [2.75, 3.05) is 18.6 Å². The van der Waals surface area contributed by atoms with E-state index >= 15 is 0 Å². The lowest BCUT2D eigenvalue weighted by Gasteiger charge is -2.14. The molecule has 7 nitrogen and oxygen atoms in total. The van der Waals surface area contributed by atoms with Crippen LogP contribution in [0.15, 0.2) is 64.5 Å². The van der Waals surface area contributed by atoms with Crippen LogP contribution in [0.3, 0.4) is 0 Å². The molecule has 2 heterocycles. The van der Waals surface area contributed by atoms with Crippen LogP contribution < -0.4 is 14.5 Å². The molecular formula is C25H24N2O5S3. The second kappa shape index (κ2) is 10.0. The van der Waals surface area contributed by atoms with Crippen molar-refractivity contribution in [1.82, 2.24) is 9.55 Å². The third kappa shape index (κ3) is 4.96. The van der Waals surface area contributed by atoms with Crippen molar-refractivity contribution in [3.63, 3.8) is 0 Å². The van der Waals surface area contributed by atoms with Crippen molar-refractivity contribution >= 4 is 43.4 Å². The maximum absolute atomic E-state index is 13.7. The van der Waals surface area contributed by atoms with Gasteiger partial charge in [-0.05, 0) is 55.5 Å². The SMILES string of the molecule is COc1ccccc1OS(=O)(=O)CCSc1nc2sc3c(c2c(=O)n1-c1ccccc1)CCCC3. The first-order valence-electron chi connectivity index (χ1n) is 11.3. The summed E-state index contributed by atoms with van der Waals surface area (Å²) in [5.41, 5.74) is 1.73. The summed E-state index contributed by atoms with van der Waals surface area (Å²) < 4.78 is 37.3. The highest BCUT2D eigenvalue weighted by Crippen LogP contribution is 2.35. The molecule has 1 aliphatic rings. The molecule has 35 heavy (non-hydrogen) atoms. The largest absolute Gasteiger partial charge is 0.493 e. The van der Waals surface area contributed by atoms with Crippen molar-refractivity contribution in [2.45, 2.75) is 30.8 Å². The van der Waals surface area contributed by atoms with E-state index in [0.717, 1.165) is 36.1 Å². The lowest BCUT2D eigenvalue weighted by Crippen LogP contribution is -2.23. The maximum Gasteiger partial charge on any atom is 0.310 e. The van der Waals surface area contributed by atoms with Crippen LogP contribution in [0.4, 0.5) is 0 Å². The van der Waals surface area contributed by atoms with E-state index in [1.54, 1.807) is 40.2 Å². The number of nitrogens with zero attached hydrogens (tertiary/aromatic N) is 2. The van der Waals surface area contributed by atoms with Gasteiger partial charge in [-0.3, -0.25) is 9.36 Å². The quantitative estimate of drug-likeness (QED) is 0.184. The number of aromatic nitrogens is 2. The van der Waals surface area contributed by atoms with Crippen LogP contribution in [-0.2, 0) is 23.0 Å². The highest BCUT2D eigenvalue weighted by atomic mass is 32.2. The van der Waals surface area contributed by atoms with Crippen LogP contribution in [0.5, 0.6) is 11.5 Å². The molecule has 0 fully saturated rings. The van der Waals surface area contributed by atoms with E-state index in [1.165, 1.54) is 23.7 Å². The number of aryl methyl sites for hydroxylation is 2.